The molecule has 0 fully saturated rings. The summed E-state index contributed by atoms with van der Waals surface area (Å²) >= 11 is 1.34. The molecule has 1 aromatic heterocycles. The summed E-state index contributed by atoms with van der Waals surface area (Å²) in [6.45, 7) is 3.78. The number of hydrogen-bond donors (Lipinski definition) is 2. The van der Waals surface area contributed by atoms with Crippen LogP contribution in [0.3, 0.4) is 0 Å². The first kappa shape index (κ1) is 12.7. The van der Waals surface area contributed by atoms with E-state index in [2.05, 4.69) is 5.32 Å². The smallest absolute Gasteiger partial charge is 0.305 e. The van der Waals surface area contributed by atoms with E-state index in [0.29, 0.717) is 4.88 Å². The third-order valence-corrected chi connectivity index (χ3v) is 3.13. The second kappa shape index (κ2) is 5.65. The van der Waals surface area contributed by atoms with Gasteiger partial charge in [0.05, 0.1) is 11.3 Å². The van der Waals surface area contributed by atoms with Crippen LogP contribution in [0.25, 0.3) is 0 Å². The van der Waals surface area contributed by atoms with Crippen LogP contribution < -0.4 is 5.32 Å². The molecule has 0 bridgehead atoms. The fraction of sp³-hybridized carbons (Fsp3) is 0.455. The molecule has 0 saturated heterocycles. The van der Waals surface area contributed by atoms with Crippen LogP contribution in [-0.4, -0.2) is 23.0 Å². The molecule has 4 nitrogen and oxygen atoms in total. The topological polar surface area (TPSA) is 66.4 Å². The van der Waals surface area contributed by atoms with E-state index < -0.39 is 5.97 Å². The van der Waals surface area contributed by atoms with Crippen molar-refractivity contribution in [3.05, 3.63) is 22.4 Å². The monoisotopic (exact) mass is 241 g/mol. The van der Waals surface area contributed by atoms with E-state index in [9.17, 15) is 9.59 Å². The zero-order valence-electron chi connectivity index (χ0n) is 9.27. The minimum absolute atomic E-state index is 0.0468. The highest BCUT2D eigenvalue weighted by atomic mass is 32.1. The summed E-state index contributed by atoms with van der Waals surface area (Å²) in [7, 11) is 0. The Morgan fingerprint density at radius 2 is 2.19 bits per heavy atom. The summed E-state index contributed by atoms with van der Waals surface area (Å²) in [4.78, 5) is 22.9. The van der Waals surface area contributed by atoms with Gasteiger partial charge in [-0.1, -0.05) is 19.9 Å². The van der Waals surface area contributed by atoms with Crippen molar-refractivity contribution in [2.24, 2.45) is 5.92 Å². The molecule has 1 heterocycles. The van der Waals surface area contributed by atoms with Crippen molar-refractivity contribution in [3.8, 4) is 0 Å². The zero-order chi connectivity index (χ0) is 12.1. The van der Waals surface area contributed by atoms with E-state index in [4.69, 9.17) is 5.11 Å². The lowest BCUT2D eigenvalue weighted by atomic mass is 10.0. The van der Waals surface area contributed by atoms with Crippen molar-refractivity contribution < 1.29 is 14.7 Å². The molecule has 0 spiro atoms. The zero-order valence-corrected chi connectivity index (χ0v) is 10.1. The van der Waals surface area contributed by atoms with Crippen LogP contribution in [0.1, 0.15) is 29.9 Å². The fourth-order valence-corrected chi connectivity index (χ4v) is 1.92. The van der Waals surface area contributed by atoms with E-state index in [0.717, 1.165) is 0 Å². The van der Waals surface area contributed by atoms with Crippen molar-refractivity contribution in [3.63, 3.8) is 0 Å². The maximum absolute atomic E-state index is 11.7. The Balaban J connectivity index is 2.61. The molecular weight excluding hydrogens is 226 g/mol. The predicted molar refractivity (Wildman–Crippen MR) is 62.7 cm³/mol. The van der Waals surface area contributed by atoms with Gasteiger partial charge < -0.3 is 10.4 Å². The molecule has 0 aliphatic heterocycles. The number of hydrogen-bond acceptors (Lipinski definition) is 3. The highest BCUT2D eigenvalue weighted by molar-refractivity contribution is 7.12. The molecule has 5 heteroatoms. The molecule has 0 aromatic carbocycles. The maximum atomic E-state index is 11.7. The molecule has 1 atom stereocenters. The van der Waals surface area contributed by atoms with Gasteiger partial charge >= 0.3 is 5.97 Å². The van der Waals surface area contributed by atoms with Gasteiger partial charge in [0.2, 0.25) is 0 Å². The van der Waals surface area contributed by atoms with Crippen LogP contribution in [0.5, 0.6) is 0 Å². The highest BCUT2D eigenvalue weighted by Crippen LogP contribution is 2.11. The number of aliphatic carboxylic acids is 1. The summed E-state index contributed by atoms with van der Waals surface area (Å²) in [5, 5.41) is 13.3. The summed E-state index contributed by atoms with van der Waals surface area (Å²) in [6.07, 6.45) is -0.0468. The number of carboxylic acid groups (broad SMARTS) is 1. The first-order valence-corrected chi connectivity index (χ1v) is 5.95. The molecule has 2 N–H and O–H groups in total. The number of nitrogens with one attached hydrogen (secondary N) is 1. The number of amides is 1. The van der Waals surface area contributed by atoms with Crippen molar-refractivity contribution in [1.29, 1.82) is 0 Å². The molecule has 1 amide bonds. The second-order valence-electron chi connectivity index (χ2n) is 3.90. The Labute approximate surface area is 98.3 Å². The molecule has 88 valence electrons. The van der Waals surface area contributed by atoms with Crippen LogP contribution in [0, 0.1) is 5.92 Å². The van der Waals surface area contributed by atoms with Gasteiger partial charge in [-0.25, -0.2) is 0 Å². The molecule has 0 saturated carbocycles. The fourth-order valence-electron chi connectivity index (χ4n) is 1.29. The lowest BCUT2D eigenvalue weighted by Crippen LogP contribution is -2.39. The largest absolute Gasteiger partial charge is 0.481 e. The number of carbonyl (C=O) groups is 2. The lowest BCUT2D eigenvalue weighted by molar-refractivity contribution is -0.137. The maximum Gasteiger partial charge on any atom is 0.305 e. The Morgan fingerprint density at radius 1 is 1.50 bits per heavy atom. The van der Waals surface area contributed by atoms with Gasteiger partial charge in [-0.05, 0) is 17.4 Å². The average Bonchev–Trinajstić information content (AvgIpc) is 2.68. The van der Waals surface area contributed by atoms with E-state index in [1.165, 1.54) is 11.3 Å². The van der Waals surface area contributed by atoms with Gasteiger partial charge in [0, 0.05) is 6.04 Å². The molecule has 16 heavy (non-hydrogen) atoms. The van der Waals surface area contributed by atoms with Crippen molar-refractivity contribution >= 4 is 23.2 Å². The number of carboxylic acids is 1. The molecular formula is C11H15NO3S. The lowest BCUT2D eigenvalue weighted by Gasteiger charge is -2.20. The Hall–Kier alpha value is -1.36. The molecule has 0 aliphatic carbocycles. The summed E-state index contributed by atoms with van der Waals surface area (Å²) in [5.74, 6) is -1.000. The first-order valence-electron chi connectivity index (χ1n) is 5.07. The average molecular weight is 241 g/mol. The number of carbonyl (C=O) groups excluding carboxylic acids is 1. The van der Waals surface area contributed by atoms with Gasteiger partial charge in [-0.3, -0.25) is 9.59 Å². The third-order valence-electron chi connectivity index (χ3n) is 2.26. The Kier molecular flexibility index (Phi) is 4.49. The van der Waals surface area contributed by atoms with Crippen molar-refractivity contribution in [1.82, 2.24) is 5.32 Å². The molecule has 0 radical (unpaired) electrons. The Bertz CT molecular complexity index is 359. The van der Waals surface area contributed by atoms with Crippen LogP contribution in [0.15, 0.2) is 17.5 Å². The van der Waals surface area contributed by atoms with Gasteiger partial charge in [0.25, 0.3) is 5.91 Å². The molecule has 1 unspecified atom stereocenters. The summed E-state index contributed by atoms with van der Waals surface area (Å²) < 4.78 is 0. The quantitative estimate of drug-likeness (QED) is 0.828. The number of rotatable bonds is 5. The number of thiophene rings is 1. The van der Waals surface area contributed by atoms with E-state index in [-0.39, 0.29) is 24.3 Å². The summed E-state index contributed by atoms with van der Waals surface area (Å²) in [5.41, 5.74) is 0. The molecule has 0 aliphatic rings. The Morgan fingerprint density at radius 3 is 2.62 bits per heavy atom. The van der Waals surface area contributed by atoms with Crippen LogP contribution in [0.4, 0.5) is 0 Å². The van der Waals surface area contributed by atoms with Gasteiger partial charge in [-0.2, -0.15) is 0 Å². The second-order valence-corrected chi connectivity index (χ2v) is 4.85. The van der Waals surface area contributed by atoms with Crippen LogP contribution in [0.2, 0.25) is 0 Å². The minimum atomic E-state index is -0.898. The van der Waals surface area contributed by atoms with Crippen LogP contribution >= 0.6 is 11.3 Å². The van der Waals surface area contributed by atoms with E-state index in [1.807, 2.05) is 19.2 Å². The standard InChI is InChI=1S/C11H15NO3S/c1-7(2)8(6-10(13)14)12-11(15)9-4-3-5-16-9/h3-5,7-8H,6H2,1-2H3,(H,12,15)(H,13,14). The van der Waals surface area contributed by atoms with Crippen LogP contribution in [-0.2, 0) is 4.79 Å². The SMILES string of the molecule is CC(C)C(CC(=O)O)NC(=O)c1cccs1. The van der Waals surface area contributed by atoms with E-state index >= 15 is 0 Å². The third kappa shape index (κ3) is 3.66. The van der Waals surface area contributed by atoms with Crippen molar-refractivity contribution in [2.75, 3.05) is 0 Å². The molecule has 1 aromatic rings. The van der Waals surface area contributed by atoms with Gasteiger partial charge in [-0.15, -0.1) is 11.3 Å². The first-order chi connectivity index (χ1) is 7.50. The highest BCUT2D eigenvalue weighted by Gasteiger charge is 2.20. The van der Waals surface area contributed by atoms with Gasteiger partial charge in [0.15, 0.2) is 0 Å². The van der Waals surface area contributed by atoms with Gasteiger partial charge in [0.1, 0.15) is 0 Å². The minimum Gasteiger partial charge on any atom is -0.481 e. The summed E-state index contributed by atoms with van der Waals surface area (Å²) in [6, 6.07) is 3.19. The predicted octanol–water partition coefficient (Wildman–Crippen LogP) is 1.98. The molecule has 1 rings (SSSR count). The van der Waals surface area contributed by atoms with Crippen molar-refractivity contribution in [2.45, 2.75) is 26.3 Å². The normalized spacial score (nSPS) is 12.4. The van der Waals surface area contributed by atoms with E-state index in [1.54, 1.807) is 12.1 Å².